The summed E-state index contributed by atoms with van der Waals surface area (Å²) in [7, 11) is 0. The fraction of sp³-hybridized carbons (Fsp3) is 0.389. The smallest absolute Gasteiger partial charge is 0.323 e. The molecule has 1 aromatic carbocycles. The van der Waals surface area contributed by atoms with Gasteiger partial charge in [-0.3, -0.25) is 9.59 Å². The number of hydrogen-bond acceptors (Lipinski definition) is 4. The molecule has 1 aliphatic heterocycles. The van der Waals surface area contributed by atoms with Gasteiger partial charge in [0.05, 0.1) is 16.9 Å². The number of carbonyl (C=O) groups excluding carboxylic acids is 1. The van der Waals surface area contributed by atoms with Crippen LogP contribution in [0, 0.1) is 6.92 Å². The molecule has 0 spiro atoms. The Bertz CT molecular complexity index is 797. The van der Waals surface area contributed by atoms with Crippen LogP contribution in [-0.2, 0) is 9.53 Å². The highest BCUT2D eigenvalue weighted by molar-refractivity contribution is 6.30. The van der Waals surface area contributed by atoms with Crippen molar-refractivity contribution in [3.8, 4) is 5.69 Å². The molecule has 0 radical (unpaired) electrons. The predicted octanol–water partition coefficient (Wildman–Crippen LogP) is 2.54. The molecule has 26 heavy (non-hydrogen) atoms. The quantitative estimate of drug-likeness (QED) is 0.865. The van der Waals surface area contributed by atoms with Crippen LogP contribution in [0.1, 0.15) is 28.9 Å². The second-order valence-electron chi connectivity index (χ2n) is 6.22. The van der Waals surface area contributed by atoms with Gasteiger partial charge in [0.25, 0.3) is 5.91 Å². The Labute approximate surface area is 156 Å². The van der Waals surface area contributed by atoms with Crippen LogP contribution in [0.5, 0.6) is 0 Å². The summed E-state index contributed by atoms with van der Waals surface area (Å²) in [6.07, 6.45) is 2.89. The second-order valence-corrected chi connectivity index (χ2v) is 6.66. The molecule has 0 unspecified atom stereocenters. The van der Waals surface area contributed by atoms with Crippen LogP contribution in [0.15, 0.2) is 30.5 Å². The molecule has 0 saturated carbocycles. The summed E-state index contributed by atoms with van der Waals surface area (Å²) in [5.74, 6) is -1.36. The summed E-state index contributed by atoms with van der Waals surface area (Å²) in [5, 5.41) is 14.2. The summed E-state index contributed by atoms with van der Waals surface area (Å²) in [6.45, 7) is 2.45. The molecule has 0 bridgehead atoms. The van der Waals surface area contributed by atoms with Crippen molar-refractivity contribution in [3.63, 3.8) is 0 Å². The van der Waals surface area contributed by atoms with Gasteiger partial charge in [0.2, 0.25) is 0 Å². The third-order valence-electron chi connectivity index (χ3n) is 4.42. The first-order valence-corrected chi connectivity index (χ1v) is 8.76. The summed E-state index contributed by atoms with van der Waals surface area (Å²) >= 11 is 5.91. The zero-order valence-electron chi connectivity index (χ0n) is 14.4. The number of nitrogens with zero attached hydrogens (tertiary/aromatic N) is 3. The van der Waals surface area contributed by atoms with E-state index in [0.29, 0.717) is 42.3 Å². The Hall–Kier alpha value is -2.38. The van der Waals surface area contributed by atoms with Gasteiger partial charge >= 0.3 is 5.97 Å². The number of benzene rings is 1. The summed E-state index contributed by atoms with van der Waals surface area (Å²) in [4.78, 5) is 25.7. The maximum Gasteiger partial charge on any atom is 0.323 e. The van der Waals surface area contributed by atoms with E-state index in [4.69, 9.17) is 16.3 Å². The van der Waals surface area contributed by atoms with Crippen molar-refractivity contribution in [1.82, 2.24) is 14.7 Å². The molecule has 2 heterocycles. The minimum atomic E-state index is -1.03. The van der Waals surface area contributed by atoms with Crippen LogP contribution in [0.4, 0.5) is 0 Å². The van der Waals surface area contributed by atoms with Gasteiger partial charge in [-0.25, -0.2) is 4.68 Å². The van der Waals surface area contributed by atoms with Crippen molar-refractivity contribution in [2.45, 2.75) is 25.8 Å². The van der Waals surface area contributed by atoms with Gasteiger partial charge in [-0.05, 0) is 44.0 Å². The van der Waals surface area contributed by atoms with E-state index >= 15 is 0 Å². The fourth-order valence-corrected chi connectivity index (χ4v) is 3.19. The minimum absolute atomic E-state index is 0.148. The van der Waals surface area contributed by atoms with Crippen molar-refractivity contribution in [2.24, 2.45) is 0 Å². The maximum atomic E-state index is 13.0. The van der Waals surface area contributed by atoms with Gasteiger partial charge < -0.3 is 14.7 Å². The van der Waals surface area contributed by atoms with E-state index in [2.05, 4.69) is 5.10 Å². The van der Waals surface area contributed by atoms with Crippen molar-refractivity contribution >= 4 is 23.5 Å². The Morgan fingerprint density at radius 2 is 1.96 bits per heavy atom. The van der Waals surface area contributed by atoms with Gasteiger partial charge in [0.1, 0.15) is 6.54 Å². The van der Waals surface area contributed by atoms with Crippen molar-refractivity contribution in [3.05, 3.63) is 46.7 Å². The highest BCUT2D eigenvalue weighted by Crippen LogP contribution is 2.20. The topological polar surface area (TPSA) is 84.7 Å². The number of carboxylic acid groups (broad SMARTS) is 1. The van der Waals surface area contributed by atoms with Gasteiger partial charge in [-0.15, -0.1) is 0 Å². The highest BCUT2D eigenvalue weighted by atomic mass is 35.5. The summed E-state index contributed by atoms with van der Waals surface area (Å²) in [6, 6.07) is 6.95. The van der Waals surface area contributed by atoms with Crippen molar-refractivity contribution < 1.29 is 19.4 Å². The number of carbonyl (C=O) groups is 2. The highest BCUT2D eigenvalue weighted by Gasteiger charge is 2.30. The Morgan fingerprint density at radius 3 is 2.58 bits per heavy atom. The number of carboxylic acids is 1. The lowest BCUT2D eigenvalue weighted by atomic mass is 10.1. The summed E-state index contributed by atoms with van der Waals surface area (Å²) in [5.41, 5.74) is 1.72. The molecule has 0 aliphatic carbocycles. The molecule has 1 fully saturated rings. The molecule has 1 aliphatic rings. The molecule has 3 rings (SSSR count). The number of rotatable bonds is 5. The molecule has 0 atom stereocenters. The van der Waals surface area contributed by atoms with Crippen LogP contribution >= 0.6 is 11.6 Å². The normalized spacial score (nSPS) is 15.0. The monoisotopic (exact) mass is 377 g/mol. The molecule has 8 heteroatoms. The summed E-state index contributed by atoms with van der Waals surface area (Å²) < 4.78 is 6.92. The first-order valence-electron chi connectivity index (χ1n) is 8.38. The lowest BCUT2D eigenvalue weighted by Gasteiger charge is -2.33. The van der Waals surface area contributed by atoms with Crippen molar-refractivity contribution in [1.29, 1.82) is 0 Å². The molecule has 138 valence electrons. The predicted molar refractivity (Wildman–Crippen MR) is 95.8 cm³/mol. The lowest BCUT2D eigenvalue weighted by molar-refractivity contribution is -0.138. The Morgan fingerprint density at radius 1 is 1.31 bits per heavy atom. The third kappa shape index (κ3) is 4.05. The zero-order chi connectivity index (χ0) is 18.7. The van der Waals surface area contributed by atoms with Crippen LogP contribution in [0.25, 0.3) is 5.69 Å². The fourth-order valence-electron chi connectivity index (χ4n) is 3.06. The second kappa shape index (κ2) is 7.88. The van der Waals surface area contributed by atoms with Crippen LogP contribution in [-0.4, -0.2) is 57.5 Å². The first-order chi connectivity index (χ1) is 12.5. The van der Waals surface area contributed by atoms with Crippen LogP contribution in [0.3, 0.4) is 0 Å². The SMILES string of the molecule is Cc1nn(-c2ccc(Cl)cc2)cc1C(=O)N(CC(=O)O)C1CCOCC1. The van der Waals surface area contributed by atoms with Gasteiger partial charge in [0.15, 0.2) is 0 Å². The molecule has 1 aromatic heterocycles. The number of amides is 1. The largest absolute Gasteiger partial charge is 0.480 e. The van der Waals surface area contributed by atoms with Gasteiger partial charge in [-0.1, -0.05) is 11.6 Å². The van der Waals surface area contributed by atoms with E-state index in [1.807, 2.05) is 0 Å². The Balaban J connectivity index is 1.88. The molecule has 1 N–H and O–H groups in total. The standard InChI is InChI=1S/C18H20ClN3O4/c1-12-16(10-22(20-12)15-4-2-13(19)3-5-15)18(25)21(11-17(23)24)14-6-8-26-9-7-14/h2-5,10,14H,6-9,11H2,1H3,(H,23,24). The number of aryl methyl sites for hydroxylation is 1. The average Bonchev–Trinajstić information content (AvgIpc) is 3.02. The van der Waals surface area contributed by atoms with E-state index in [-0.39, 0.29) is 18.5 Å². The van der Waals surface area contributed by atoms with Crippen LogP contribution in [0.2, 0.25) is 5.02 Å². The van der Waals surface area contributed by atoms with E-state index in [1.165, 1.54) is 4.90 Å². The van der Waals surface area contributed by atoms with Gasteiger partial charge in [0, 0.05) is 30.5 Å². The van der Waals surface area contributed by atoms with E-state index in [0.717, 1.165) is 5.69 Å². The molecule has 2 aromatic rings. The number of aromatic nitrogens is 2. The van der Waals surface area contributed by atoms with E-state index < -0.39 is 5.97 Å². The maximum absolute atomic E-state index is 13.0. The minimum Gasteiger partial charge on any atom is -0.480 e. The van der Waals surface area contributed by atoms with E-state index in [9.17, 15) is 14.7 Å². The molecule has 1 saturated heterocycles. The molecule has 7 nitrogen and oxygen atoms in total. The van der Waals surface area contributed by atoms with Crippen molar-refractivity contribution in [2.75, 3.05) is 19.8 Å². The number of aliphatic carboxylic acids is 1. The molecule has 1 amide bonds. The Kier molecular flexibility index (Phi) is 5.58. The number of hydrogen-bond donors (Lipinski definition) is 1. The molecular weight excluding hydrogens is 358 g/mol. The third-order valence-corrected chi connectivity index (χ3v) is 4.67. The molecular formula is C18H20ClN3O4. The van der Waals surface area contributed by atoms with Gasteiger partial charge in [-0.2, -0.15) is 5.10 Å². The number of halogens is 1. The van der Waals surface area contributed by atoms with E-state index in [1.54, 1.807) is 42.1 Å². The zero-order valence-corrected chi connectivity index (χ0v) is 15.1. The lowest BCUT2D eigenvalue weighted by Crippen LogP contribution is -2.46. The number of ether oxygens (including phenoxy) is 1. The first kappa shape index (κ1) is 18.4. The van der Waals surface area contributed by atoms with Crippen LogP contribution < -0.4 is 0 Å². The average molecular weight is 378 g/mol.